The number of nitrogens with one attached hydrogen (secondary N) is 1. The molecule has 2 N–H and O–H groups in total. The number of carboxylic acid groups (broad SMARTS) is 1. The number of aryl methyl sites for hydroxylation is 1. The van der Waals surface area contributed by atoms with E-state index >= 15 is 0 Å². The molecule has 0 aliphatic carbocycles. The van der Waals surface area contributed by atoms with E-state index in [2.05, 4.69) is 10.1 Å². The molecule has 2 rings (SSSR count). The van der Waals surface area contributed by atoms with Crippen LogP contribution in [-0.2, 0) is 4.74 Å². The van der Waals surface area contributed by atoms with Crippen molar-refractivity contribution in [3.05, 3.63) is 54.1 Å². The summed E-state index contributed by atoms with van der Waals surface area (Å²) in [5.74, 6) is 0. The van der Waals surface area contributed by atoms with Crippen LogP contribution in [0.1, 0.15) is 5.56 Å². The standard InChI is InChI=1S/C16H16N2O4/c1-11-5-3-7-13(9-11)18(16(20)21)14-8-4-6-12(10-14)17-15(19)22-2/h3-10H,1-2H3,(H,17,19)(H,20,21). The number of hydrogen-bond donors (Lipinski definition) is 2. The fourth-order valence-electron chi connectivity index (χ4n) is 2.03. The molecule has 0 bridgehead atoms. The number of hydrogen-bond acceptors (Lipinski definition) is 3. The summed E-state index contributed by atoms with van der Waals surface area (Å²) in [5, 5.41) is 12.0. The number of amides is 2. The van der Waals surface area contributed by atoms with E-state index in [4.69, 9.17) is 0 Å². The molecule has 0 atom stereocenters. The van der Waals surface area contributed by atoms with Gasteiger partial charge in [-0.3, -0.25) is 5.32 Å². The largest absolute Gasteiger partial charge is 0.464 e. The summed E-state index contributed by atoms with van der Waals surface area (Å²) in [4.78, 5) is 24.0. The summed E-state index contributed by atoms with van der Waals surface area (Å²) in [6.07, 6.45) is -1.73. The number of benzene rings is 2. The van der Waals surface area contributed by atoms with Crippen molar-refractivity contribution in [3.8, 4) is 0 Å². The Morgan fingerprint density at radius 3 is 2.32 bits per heavy atom. The fourth-order valence-corrected chi connectivity index (χ4v) is 2.03. The van der Waals surface area contributed by atoms with Gasteiger partial charge in [0.05, 0.1) is 18.5 Å². The maximum atomic E-state index is 11.6. The third-order valence-corrected chi connectivity index (χ3v) is 2.99. The quantitative estimate of drug-likeness (QED) is 0.898. The van der Waals surface area contributed by atoms with Crippen molar-refractivity contribution in [2.24, 2.45) is 0 Å². The lowest BCUT2D eigenvalue weighted by atomic mass is 10.2. The maximum Gasteiger partial charge on any atom is 0.416 e. The molecule has 0 radical (unpaired) electrons. The summed E-state index contributed by atoms with van der Waals surface area (Å²) in [6, 6.07) is 13.7. The van der Waals surface area contributed by atoms with Crippen molar-refractivity contribution >= 4 is 29.2 Å². The second-order valence-corrected chi connectivity index (χ2v) is 4.62. The molecule has 0 unspecified atom stereocenters. The van der Waals surface area contributed by atoms with Gasteiger partial charge in [-0.2, -0.15) is 0 Å². The Balaban J connectivity index is 2.39. The Morgan fingerprint density at radius 2 is 1.73 bits per heavy atom. The molecule has 0 fully saturated rings. The molecule has 2 aromatic rings. The second-order valence-electron chi connectivity index (χ2n) is 4.62. The lowest BCUT2D eigenvalue weighted by Gasteiger charge is -2.20. The number of carbonyl (C=O) groups excluding carboxylic acids is 1. The topological polar surface area (TPSA) is 78.9 Å². The van der Waals surface area contributed by atoms with Gasteiger partial charge in [-0.05, 0) is 42.8 Å². The highest BCUT2D eigenvalue weighted by atomic mass is 16.5. The smallest absolute Gasteiger partial charge is 0.416 e. The molecule has 0 heterocycles. The minimum absolute atomic E-state index is 0.423. The molecule has 0 aliphatic rings. The van der Waals surface area contributed by atoms with Crippen molar-refractivity contribution in [1.82, 2.24) is 0 Å². The van der Waals surface area contributed by atoms with Gasteiger partial charge in [0, 0.05) is 5.69 Å². The second kappa shape index (κ2) is 6.62. The van der Waals surface area contributed by atoms with Crippen LogP contribution in [0.25, 0.3) is 0 Å². The first-order valence-corrected chi connectivity index (χ1v) is 6.56. The minimum Gasteiger partial charge on any atom is -0.464 e. The van der Waals surface area contributed by atoms with Crippen LogP contribution in [-0.4, -0.2) is 24.4 Å². The number of nitrogens with zero attached hydrogens (tertiary/aromatic N) is 1. The molecule has 0 aliphatic heterocycles. The minimum atomic E-state index is -1.11. The monoisotopic (exact) mass is 300 g/mol. The van der Waals surface area contributed by atoms with Crippen LogP contribution in [0.15, 0.2) is 48.5 Å². The van der Waals surface area contributed by atoms with Gasteiger partial charge in [-0.15, -0.1) is 0 Å². The van der Waals surface area contributed by atoms with E-state index in [1.165, 1.54) is 7.11 Å². The van der Waals surface area contributed by atoms with E-state index in [0.29, 0.717) is 17.1 Å². The van der Waals surface area contributed by atoms with Gasteiger partial charge in [-0.1, -0.05) is 18.2 Å². The van der Waals surface area contributed by atoms with Gasteiger partial charge in [-0.25, -0.2) is 14.5 Å². The van der Waals surface area contributed by atoms with E-state index < -0.39 is 12.2 Å². The van der Waals surface area contributed by atoms with Gasteiger partial charge >= 0.3 is 12.2 Å². The van der Waals surface area contributed by atoms with Crippen molar-refractivity contribution in [2.75, 3.05) is 17.3 Å². The summed E-state index contributed by atoms with van der Waals surface area (Å²) in [5.41, 5.74) is 2.35. The average Bonchev–Trinajstić information content (AvgIpc) is 2.47. The molecule has 114 valence electrons. The number of methoxy groups -OCH3 is 1. The van der Waals surface area contributed by atoms with E-state index in [-0.39, 0.29) is 0 Å². The molecule has 0 aromatic heterocycles. The van der Waals surface area contributed by atoms with Crippen molar-refractivity contribution in [2.45, 2.75) is 6.92 Å². The predicted octanol–water partition coefficient (Wildman–Crippen LogP) is 3.99. The summed E-state index contributed by atoms with van der Waals surface area (Å²) in [6.45, 7) is 1.89. The van der Waals surface area contributed by atoms with Crippen LogP contribution in [0.4, 0.5) is 26.7 Å². The van der Waals surface area contributed by atoms with E-state index in [1.54, 1.807) is 42.5 Å². The molecular formula is C16H16N2O4. The highest BCUT2D eigenvalue weighted by Crippen LogP contribution is 2.28. The Hall–Kier alpha value is -3.02. The van der Waals surface area contributed by atoms with Crippen molar-refractivity contribution in [1.29, 1.82) is 0 Å². The maximum absolute atomic E-state index is 11.6. The van der Waals surface area contributed by atoms with Gasteiger partial charge < -0.3 is 9.84 Å². The number of ether oxygens (including phenoxy) is 1. The third-order valence-electron chi connectivity index (χ3n) is 2.99. The zero-order valence-electron chi connectivity index (χ0n) is 12.2. The van der Waals surface area contributed by atoms with Crippen molar-refractivity contribution < 1.29 is 19.4 Å². The molecule has 6 heteroatoms. The molecule has 0 spiro atoms. The Bertz CT molecular complexity index is 700. The van der Waals surface area contributed by atoms with Crippen LogP contribution in [0, 0.1) is 6.92 Å². The van der Waals surface area contributed by atoms with Crippen LogP contribution >= 0.6 is 0 Å². The van der Waals surface area contributed by atoms with Gasteiger partial charge in [0.2, 0.25) is 0 Å². The Labute approximate surface area is 127 Å². The van der Waals surface area contributed by atoms with E-state index in [9.17, 15) is 14.7 Å². The average molecular weight is 300 g/mol. The normalized spacial score (nSPS) is 9.91. The highest BCUT2D eigenvalue weighted by Gasteiger charge is 2.17. The molecule has 22 heavy (non-hydrogen) atoms. The fraction of sp³-hybridized carbons (Fsp3) is 0.125. The first-order chi connectivity index (χ1) is 10.5. The molecule has 0 saturated carbocycles. The SMILES string of the molecule is COC(=O)Nc1cccc(N(C(=O)O)c2cccc(C)c2)c1. The van der Waals surface area contributed by atoms with Gasteiger partial charge in [0.15, 0.2) is 0 Å². The molecule has 2 aromatic carbocycles. The van der Waals surface area contributed by atoms with Crippen LogP contribution in [0.2, 0.25) is 0 Å². The Kier molecular flexibility index (Phi) is 4.63. The van der Waals surface area contributed by atoms with Crippen LogP contribution in [0.3, 0.4) is 0 Å². The van der Waals surface area contributed by atoms with Gasteiger partial charge in [0.25, 0.3) is 0 Å². The molecule has 0 saturated heterocycles. The number of carbonyl (C=O) groups is 2. The molecule has 2 amide bonds. The summed E-state index contributed by atoms with van der Waals surface area (Å²) < 4.78 is 4.52. The lowest BCUT2D eigenvalue weighted by Crippen LogP contribution is -2.23. The van der Waals surface area contributed by atoms with Gasteiger partial charge in [0.1, 0.15) is 0 Å². The summed E-state index contributed by atoms with van der Waals surface area (Å²) >= 11 is 0. The molecule has 6 nitrogen and oxygen atoms in total. The highest BCUT2D eigenvalue weighted by molar-refractivity contribution is 5.96. The molecular weight excluding hydrogens is 284 g/mol. The Morgan fingerprint density at radius 1 is 1.09 bits per heavy atom. The number of rotatable bonds is 3. The zero-order chi connectivity index (χ0) is 16.1. The van der Waals surface area contributed by atoms with E-state index in [1.807, 2.05) is 13.0 Å². The first-order valence-electron chi connectivity index (χ1n) is 6.56. The first kappa shape index (κ1) is 15.4. The van der Waals surface area contributed by atoms with Crippen LogP contribution < -0.4 is 10.2 Å². The van der Waals surface area contributed by atoms with Crippen LogP contribution in [0.5, 0.6) is 0 Å². The lowest BCUT2D eigenvalue weighted by molar-refractivity contribution is 0.187. The summed E-state index contributed by atoms with van der Waals surface area (Å²) in [7, 11) is 1.26. The van der Waals surface area contributed by atoms with E-state index in [0.717, 1.165) is 10.5 Å². The third kappa shape index (κ3) is 3.54. The zero-order valence-corrected chi connectivity index (χ0v) is 12.2. The van der Waals surface area contributed by atoms with Crippen molar-refractivity contribution in [3.63, 3.8) is 0 Å². The number of anilines is 3. The predicted molar refractivity (Wildman–Crippen MR) is 83.8 cm³/mol.